The topological polar surface area (TPSA) is 0 Å². The number of alkyl halides is 3. The molecular formula is C15H9BrClF3S. The van der Waals surface area contributed by atoms with Crippen molar-refractivity contribution in [2.45, 2.75) is 10.4 Å². The Labute approximate surface area is 134 Å². The smallest absolute Gasteiger partial charge is 0.160 e. The lowest BCUT2D eigenvalue weighted by Crippen LogP contribution is -2.15. The largest absolute Gasteiger partial charge is 0.446 e. The molecule has 6 heteroatoms. The Morgan fingerprint density at radius 2 is 1.57 bits per heavy atom. The summed E-state index contributed by atoms with van der Waals surface area (Å²) in [5.74, 6) is 0. The first-order valence-corrected chi connectivity index (χ1v) is 9.25. The van der Waals surface area contributed by atoms with Crippen LogP contribution in [0.1, 0.15) is 11.1 Å². The SMILES string of the molecule is FC(F)(F)S1(Cl)C(c2ccc(Br)cc2)=Cc2ccccc21. The van der Waals surface area contributed by atoms with Gasteiger partial charge in [0.05, 0.1) is 0 Å². The molecule has 1 atom stereocenters. The molecule has 0 fully saturated rings. The predicted molar refractivity (Wildman–Crippen MR) is 86.2 cm³/mol. The second kappa shape index (κ2) is 5.07. The van der Waals surface area contributed by atoms with Crippen LogP contribution in [-0.4, -0.2) is 5.51 Å². The molecule has 2 aromatic carbocycles. The van der Waals surface area contributed by atoms with E-state index < -0.39 is 14.7 Å². The van der Waals surface area contributed by atoms with E-state index in [1.54, 1.807) is 48.5 Å². The van der Waals surface area contributed by atoms with Crippen LogP contribution in [0.25, 0.3) is 11.0 Å². The zero-order chi connectivity index (χ0) is 15.3. The summed E-state index contributed by atoms with van der Waals surface area (Å²) in [7, 11) is 2.63. The van der Waals surface area contributed by atoms with E-state index in [0.717, 1.165) is 4.47 Å². The average molecular weight is 394 g/mol. The molecule has 0 amide bonds. The number of benzene rings is 2. The van der Waals surface area contributed by atoms with E-state index in [0.29, 0.717) is 11.1 Å². The molecule has 0 nitrogen and oxygen atoms in total. The predicted octanol–water partition coefficient (Wildman–Crippen LogP) is 6.80. The fourth-order valence-corrected chi connectivity index (χ4v) is 5.60. The number of hydrogen-bond acceptors (Lipinski definition) is 0. The van der Waals surface area contributed by atoms with Crippen molar-refractivity contribution < 1.29 is 13.2 Å². The van der Waals surface area contributed by atoms with Crippen LogP contribution in [-0.2, 0) is 0 Å². The molecule has 1 unspecified atom stereocenters. The van der Waals surface area contributed by atoms with Crippen molar-refractivity contribution >= 4 is 46.8 Å². The Morgan fingerprint density at radius 1 is 0.952 bits per heavy atom. The van der Waals surface area contributed by atoms with Crippen molar-refractivity contribution in [3.05, 3.63) is 64.1 Å². The van der Waals surface area contributed by atoms with Gasteiger partial charge in [-0.2, -0.15) is 13.2 Å². The maximum absolute atomic E-state index is 13.7. The van der Waals surface area contributed by atoms with Gasteiger partial charge in [0.15, 0.2) is 0 Å². The number of hydrogen-bond donors (Lipinski definition) is 0. The molecule has 0 saturated carbocycles. The molecule has 1 heterocycles. The Hall–Kier alpha value is -0.910. The Morgan fingerprint density at radius 3 is 2.19 bits per heavy atom. The molecule has 1 aliphatic heterocycles. The number of rotatable bonds is 1. The van der Waals surface area contributed by atoms with Crippen LogP contribution in [0.3, 0.4) is 0 Å². The normalized spacial score (nSPS) is 24.1. The molecule has 3 rings (SSSR count). The minimum atomic E-state index is -4.50. The van der Waals surface area contributed by atoms with E-state index in [1.807, 2.05) is 0 Å². The summed E-state index contributed by atoms with van der Waals surface area (Å²) in [6.07, 6.45) is 1.55. The molecule has 0 spiro atoms. The summed E-state index contributed by atoms with van der Waals surface area (Å²) in [6.45, 7) is 0. The third-order valence-electron chi connectivity index (χ3n) is 3.26. The van der Waals surface area contributed by atoms with Gasteiger partial charge in [0, 0.05) is 14.3 Å². The van der Waals surface area contributed by atoms with Gasteiger partial charge in [-0.15, -0.1) is 0 Å². The lowest BCUT2D eigenvalue weighted by atomic mass is 10.1. The minimum absolute atomic E-state index is 0.144. The molecule has 1 aliphatic rings. The molecule has 0 saturated heterocycles. The van der Waals surface area contributed by atoms with Gasteiger partial charge >= 0.3 is 5.51 Å². The molecular weight excluding hydrogens is 385 g/mol. The second-order valence-electron chi connectivity index (χ2n) is 4.54. The molecule has 0 aliphatic carbocycles. The molecule has 2 aromatic rings. The van der Waals surface area contributed by atoms with Gasteiger partial charge < -0.3 is 0 Å². The van der Waals surface area contributed by atoms with Gasteiger partial charge in [0.25, 0.3) is 0 Å². The highest BCUT2D eigenvalue weighted by Crippen LogP contribution is 2.81. The van der Waals surface area contributed by atoms with Crippen LogP contribution in [0.5, 0.6) is 0 Å². The summed E-state index contributed by atoms with van der Waals surface area (Å²) in [6, 6.07) is 13.2. The van der Waals surface area contributed by atoms with Crippen LogP contribution in [0, 0.1) is 0 Å². The van der Waals surface area contributed by atoms with Gasteiger partial charge in [-0.25, -0.2) is 0 Å². The average Bonchev–Trinajstić information content (AvgIpc) is 2.75. The van der Waals surface area contributed by atoms with E-state index in [9.17, 15) is 13.2 Å². The molecule has 110 valence electrons. The van der Waals surface area contributed by atoms with Crippen molar-refractivity contribution in [3.8, 4) is 0 Å². The fourth-order valence-electron chi connectivity index (χ4n) is 2.31. The first kappa shape index (κ1) is 15.0. The monoisotopic (exact) mass is 392 g/mol. The lowest BCUT2D eigenvalue weighted by molar-refractivity contribution is -0.0354. The Bertz CT molecular complexity index is 724. The van der Waals surface area contributed by atoms with Crippen molar-refractivity contribution in [3.63, 3.8) is 0 Å². The van der Waals surface area contributed by atoms with Gasteiger partial charge in [-0.05, 0) is 55.3 Å². The summed E-state index contributed by atoms with van der Waals surface area (Å²) < 4.78 is 41.9. The standard InChI is InChI=1S/C15H9BrClF3S/c16-12-7-5-10(6-8-12)14-9-11-3-1-2-4-13(11)21(14,17)15(18,19)20/h1-9H. The molecule has 21 heavy (non-hydrogen) atoms. The first-order valence-electron chi connectivity index (χ1n) is 6.00. The zero-order valence-corrected chi connectivity index (χ0v) is 13.7. The van der Waals surface area contributed by atoms with Gasteiger partial charge in [-0.1, -0.05) is 46.3 Å². The van der Waals surface area contributed by atoms with Crippen molar-refractivity contribution in [1.82, 2.24) is 0 Å². The number of fused-ring (bicyclic) bond motifs is 1. The quantitative estimate of drug-likeness (QED) is 0.500. The molecule has 0 aromatic heterocycles. The Kier molecular flexibility index (Phi) is 3.62. The molecule has 0 N–H and O–H groups in total. The third kappa shape index (κ3) is 2.31. The van der Waals surface area contributed by atoms with Crippen LogP contribution in [0.15, 0.2) is 57.9 Å². The summed E-state index contributed by atoms with van der Waals surface area (Å²) in [5.41, 5.74) is -3.46. The minimum Gasteiger partial charge on any atom is -0.160 e. The highest BCUT2D eigenvalue weighted by molar-refractivity contribution is 9.10. The van der Waals surface area contributed by atoms with E-state index >= 15 is 0 Å². The lowest BCUT2D eigenvalue weighted by Gasteiger charge is -2.34. The Balaban J connectivity index is 2.23. The van der Waals surface area contributed by atoms with Crippen LogP contribution in [0.4, 0.5) is 13.2 Å². The van der Waals surface area contributed by atoms with Gasteiger partial charge in [-0.3, -0.25) is 0 Å². The van der Waals surface area contributed by atoms with E-state index in [4.69, 9.17) is 10.7 Å². The number of halogens is 5. The second-order valence-corrected chi connectivity index (χ2v) is 9.26. The van der Waals surface area contributed by atoms with E-state index in [1.165, 1.54) is 6.07 Å². The van der Waals surface area contributed by atoms with E-state index in [2.05, 4.69) is 15.9 Å². The van der Waals surface area contributed by atoms with Crippen LogP contribution >= 0.6 is 35.9 Å². The van der Waals surface area contributed by atoms with Crippen LogP contribution in [0.2, 0.25) is 0 Å². The van der Waals surface area contributed by atoms with Gasteiger partial charge in [0.1, 0.15) is 0 Å². The molecule has 0 radical (unpaired) electrons. The molecule has 0 bridgehead atoms. The summed E-state index contributed by atoms with van der Waals surface area (Å²) in [4.78, 5) is 0.308. The van der Waals surface area contributed by atoms with Gasteiger partial charge in [0.2, 0.25) is 0 Å². The summed E-state index contributed by atoms with van der Waals surface area (Å²) in [5, 5.41) is 0. The third-order valence-corrected chi connectivity index (χ3v) is 7.89. The van der Waals surface area contributed by atoms with Crippen molar-refractivity contribution in [2.75, 3.05) is 0 Å². The first-order chi connectivity index (χ1) is 9.84. The maximum Gasteiger partial charge on any atom is 0.446 e. The van der Waals surface area contributed by atoms with Crippen molar-refractivity contribution in [1.29, 1.82) is 0 Å². The highest BCUT2D eigenvalue weighted by Gasteiger charge is 2.56. The summed E-state index contributed by atoms with van der Waals surface area (Å²) >= 11 is 3.28. The highest BCUT2D eigenvalue weighted by atomic mass is 79.9. The van der Waals surface area contributed by atoms with E-state index in [-0.39, 0.29) is 9.80 Å². The fraction of sp³-hybridized carbons (Fsp3) is 0.0667. The van der Waals surface area contributed by atoms with Crippen LogP contribution < -0.4 is 0 Å². The van der Waals surface area contributed by atoms with Crippen molar-refractivity contribution in [2.24, 2.45) is 0 Å². The maximum atomic E-state index is 13.7. The zero-order valence-electron chi connectivity index (χ0n) is 10.5.